The van der Waals surface area contributed by atoms with E-state index in [1.807, 2.05) is 30.3 Å². The van der Waals surface area contributed by atoms with Crippen LogP contribution in [0.4, 0.5) is 0 Å². The number of carbonyl (C=O) groups excluding carboxylic acids is 1. The third-order valence-corrected chi connectivity index (χ3v) is 3.13. The van der Waals surface area contributed by atoms with Gasteiger partial charge in [0, 0.05) is 25.6 Å². The SMILES string of the molecule is O=C(NCC1CNC1)c1cnn(-c2ccccc2)n1. The van der Waals surface area contributed by atoms with E-state index in [-0.39, 0.29) is 5.91 Å². The van der Waals surface area contributed by atoms with Crippen molar-refractivity contribution in [2.75, 3.05) is 19.6 Å². The monoisotopic (exact) mass is 257 g/mol. The molecule has 6 nitrogen and oxygen atoms in total. The van der Waals surface area contributed by atoms with Gasteiger partial charge in [0.15, 0.2) is 5.69 Å². The highest BCUT2D eigenvalue weighted by Crippen LogP contribution is 2.05. The summed E-state index contributed by atoms with van der Waals surface area (Å²) in [6, 6.07) is 9.51. The first-order chi connectivity index (χ1) is 9.33. The molecule has 0 aliphatic carbocycles. The van der Waals surface area contributed by atoms with E-state index in [9.17, 15) is 4.79 Å². The second-order valence-electron chi connectivity index (χ2n) is 4.59. The van der Waals surface area contributed by atoms with E-state index >= 15 is 0 Å². The van der Waals surface area contributed by atoms with E-state index in [0.29, 0.717) is 18.2 Å². The van der Waals surface area contributed by atoms with Crippen LogP contribution >= 0.6 is 0 Å². The predicted octanol–water partition coefficient (Wildman–Crippen LogP) is 0.216. The summed E-state index contributed by atoms with van der Waals surface area (Å²) in [5, 5.41) is 14.3. The number of para-hydroxylation sites is 1. The zero-order chi connectivity index (χ0) is 13.1. The minimum Gasteiger partial charge on any atom is -0.350 e. The number of nitrogens with one attached hydrogen (secondary N) is 2. The van der Waals surface area contributed by atoms with Gasteiger partial charge in [-0.05, 0) is 12.1 Å². The maximum Gasteiger partial charge on any atom is 0.273 e. The summed E-state index contributed by atoms with van der Waals surface area (Å²) in [7, 11) is 0. The molecule has 1 aromatic carbocycles. The van der Waals surface area contributed by atoms with Gasteiger partial charge < -0.3 is 10.6 Å². The summed E-state index contributed by atoms with van der Waals surface area (Å²) in [6.45, 7) is 2.62. The van der Waals surface area contributed by atoms with E-state index in [1.54, 1.807) is 0 Å². The van der Waals surface area contributed by atoms with Crippen LogP contribution in [0.15, 0.2) is 36.5 Å². The Labute approximate surface area is 110 Å². The van der Waals surface area contributed by atoms with Gasteiger partial charge in [-0.25, -0.2) is 0 Å². The van der Waals surface area contributed by atoms with Crippen LogP contribution in [0.25, 0.3) is 5.69 Å². The molecule has 1 aliphatic heterocycles. The van der Waals surface area contributed by atoms with Crippen molar-refractivity contribution in [3.05, 3.63) is 42.2 Å². The minimum absolute atomic E-state index is 0.172. The molecule has 98 valence electrons. The molecular formula is C13H15N5O. The zero-order valence-electron chi connectivity index (χ0n) is 10.4. The van der Waals surface area contributed by atoms with Crippen molar-refractivity contribution in [1.82, 2.24) is 25.6 Å². The Bertz CT molecular complexity index is 561. The number of hydrogen-bond donors (Lipinski definition) is 2. The number of aromatic nitrogens is 3. The lowest BCUT2D eigenvalue weighted by Gasteiger charge is -2.26. The third kappa shape index (κ3) is 2.63. The molecule has 2 N–H and O–H groups in total. The molecule has 1 fully saturated rings. The van der Waals surface area contributed by atoms with Crippen LogP contribution in [0, 0.1) is 5.92 Å². The Balaban J connectivity index is 1.65. The molecule has 1 saturated heterocycles. The Morgan fingerprint density at radius 2 is 2.16 bits per heavy atom. The van der Waals surface area contributed by atoms with E-state index in [1.165, 1.54) is 11.0 Å². The van der Waals surface area contributed by atoms with Crippen molar-refractivity contribution in [3.63, 3.8) is 0 Å². The summed E-state index contributed by atoms with van der Waals surface area (Å²) in [5.74, 6) is 0.363. The summed E-state index contributed by atoms with van der Waals surface area (Å²) in [6.07, 6.45) is 1.49. The summed E-state index contributed by atoms with van der Waals surface area (Å²) in [4.78, 5) is 13.3. The normalized spacial score (nSPS) is 14.9. The molecule has 3 rings (SSSR count). The molecule has 2 aromatic rings. The first-order valence-electron chi connectivity index (χ1n) is 6.29. The summed E-state index contributed by atoms with van der Waals surface area (Å²) < 4.78 is 0. The van der Waals surface area contributed by atoms with Gasteiger partial charge in [0.05, 0.1) is 11.9 Å². The zero-order valence-corrected chi connectivity index (χ0v) is 10.4. The average molecular weight is 257 g/mol. The van der Waals surface area contributed by atoms with Crippen LogP contribution < -0.4 is 10.6 Å². The van der Waals surface area contributed by atoms with Crippen molar-refractivity contribution < 1.29 is 4.79 Å². The first-order valence-corrected chi connectivity index (χ1v) is 6.29. The van der Waals surface area contributed by atoms with Crippen molar-refractivity contribution in [3.8, 4) is 5.69 Å². The highest BCUT2D eigenvalue weighted by molar-refractivity contribution is 5.91. The molecule has 0 atom stereocenters. The highest BCUT2D eigenvalue weighted by Gasteiger charge is 2.18. The molecule has 0 radical (unpaired) electrons. The van der Waals surface area contributed by atoms with Gasteiger partial charge in [-0.1, -0.05) is 18.2 Å². The Morgan fingerprint density at radius 3 is 2.84 bits per heavy atom. The third-order valence-electron chi connectivity index (χ3n) is 3.13. The quantitative estimate of drug-likeness (QED) is 0.821. The molecule has 2 heterocycles. The van der Waals surface area contributed by atoms with Crippen LogP contribution in [0.5, 0.6) is 0 Å². The fourth-order valence-electron chi connectivity index (χ4n) is 1.87. The average Bonchev–Trinajstić information content (AvgIpc) is 2.87. The fourth-order valence-corrected chi connectivity index (χ4v) is 1.87. The van der Waals surface area contributed by atoms with Gasteiger partial charge >= 0.3 is 0 Å². The second-order valence-corrected chi connectivity index (χ2v) is 4.59. The van der Waals surface area contributed by atoms with Crippen LogP contribution in [0.3, 0.4) is 0 Å². The molecule has 0 unspecified atom stereocenters. The standard InChI is InChI=1S/C13H15N5O/c19-13(15-8-10-6-14-7-10)12-9-16-18(17-12)11-4-2-1-3-5-11/h1-5,9-10,14H,6-8H2,(H,15,19). The van der Waals surface area contributed by atoms with Gasteiger partial charge in [-0.2, -0.15) is 9.90 Å². The molecule has 0 saturated carbocycles. The number of hydrogen-bond acceptors (Lipinski definition) is 4. The Hall–Kier alpha value is -2.21. The van der Waals surface area contributed by atoms with E-state index in [2.05, 4.69) is 20.8 Å². The van der Waals surface area contributed by atoms with Crippen molar-refractivity contribution in [1.29, 1.82) is 0 Å². The molecular weight excluding hydrogens is 242 g/mol. The van der Waals surface area contributed by atoms with Gasteiger partial charge in [0.1, 0.15) is 0 Å². The predicted molar refractivity (Wildman–Crippen MR) is 70.1 cm³/mol. The van der Waals surface area contributed by atoms with Crippen LogP contribution in [-0.2, 0) is 0 Å². The van der Waals surface area contributed by atoms with Crippen LogP contribution in [0.2, 0.25) is 0 Å². The lowest BCUT2D eigenvalue weighted by molar-refractivity contribution is 0.0937. The molecule has 1 amide bonds. The maximum atomic E-state index is 11.9. The number of carbonyl (C=O) groups is 1. The Morgan fingerprint density at radius 1 is 1.37 bits per heavy atom. The van der Waals surface area contributed by atoms with Crippen LogP contribution in [0.1, 0.15) is 10.5 Å². The highest BCUT2D eigenvalue weighted by atomic mass is 16.2. The lowest BCUT2D eigenvalue weighted by atomic mass is 10.0. The lowest BCUT2D eigenvalue weighted by Crippen LogP contribution is -2.48. The smallest absolute Gasteiger partial charge is 0.273 e. The van der Waals surface area contributed by atoms with E-state index in [0.717, 1.165) is 18.8 Å². The van der Waals surface area contributed by atoms with Crippen molar-refractivity contribution in [2.45, 2.75) is 0 Å². The molecule has 1 aliphatic rings. The maximum absolute atomic E-state index is 11.9. The molecule has 0 bridgehead atoms. The molecule has 6 heteroatoms. The number of amides is 1. The largest absolute Gasteiger partial charge is 0.350 e. The van der Waals surface area contributed by atoms with Crippen LogP contribution in [-0.4, -0.2) is 40.5 Å². The van der Waals surface area contributed by atoms with Gasteiger partial charge in [-0.3, -0.25) is 4.79 Å². The van der Waals surface area contributed by atoms with Gasteiger partial charge in [-0.15, -0.1) is 5.10 Å². The van der Waals surface area contributed by atoms with E-state index in [4.69, 9.17) is 0 Å². The Kier molecular flexibility index (Phi) is 3.24. The van der Waals surface area contributed by atoms with Crippen molar-refractivity contribution >= 4 is 5.91 Å². The minimum atomic E-state index is -0.172. The molecule has 1 aromatic heterocycles. The molecule has 19 heavy (non-hydrogen) atoms. The second kappa shape index (κ2) is 5.19. The topological polar surface area (TPSA) is 71.8 Å². The molecule has 0 spiro atoms. The fraction of sp³-hybridized carbons (Fsp3) is 0.308. The number of benzene rings is 1. The van der Waals surface area contributed by atoms with Gasteiger partial charge in [0.25, 0.3) is 5.91 Å². The summed E-state index contributed by atoms with van der Waals surface area (Å²) >= 11 is 0. The number of nitrogens with zero attached hydrogens (tertiary/aromatic N) is 3. The summed E-state index contributed by atoms with van der Waals surface area (Å²) in [5.41, 5.74) is 1.18. The number of rotatable bonds is 4. The van der Waals surface area contributed by atoms with Gasteiger partial charge in [0.2, 0.25) is 0 Å². The van der Waals surface area contributed by atoms with Crippen molar-refractivity contribution in [2.24, 2.45) is 5.92 Å². The van der Waals surface area contributed by atoms with E-state index < -0.39 is 0 Å². The first kappa shape index (κ1) is 11.9.